The van der Waals surface area contributed by atoms with Crippen LogP contribution in [0.1, 0.15) is 18.1 Å². The fraction of sp³-hybridized carbons (Fsp3) is 0.211. The van der Waals surface area contributed by atoms with Gasteiger partial charge in [-0.25, -0.2) is 0 Å². The summed E-state index contributed by atoms with van der Waals surface area (Å²) in [5, 5.41) is 9.49. The maximum Gasteiger partial charge on any atom is 0.174 e. The Kier molecular flexibility index (Phi) is 6.50. The first-order chi connectivity index (χ1) is 11.6. The molecule has 0 atom stereocenters. The lowest BCUT2D eigenvalue weighted by atomic mass is 10.0. The van der Waals surface area contributed by atoms with Crippen LogP contribution >= 0.6 is 22.6 Å². The van der Waals surface area contributed by atoms with Gasteiger partial charge in [0.25, 0.3) is 0 Å². The molecule has 0 N–H and O–H groups in total. The van der Waals surface area contributed by atoms with Crippen molar-refractivity contribution in [2.24, 2.45) is 0 Å². The van der Waals surface area contributed by atoms with Crippen LogP contribution in [0.5, 0.6) is 17.2 Å². The van der Waals surface area contributed by atoms with Gasteiger partial charge in [0, 0.05) is 0 Å². The summed E-state index contributed by atoms with van der Waals surface area (Å²) in [4.78, 5) is 0. The van der Waals surface area contributed by atoms with Gasteiger partial charge in [0.05, 0.1) is 36.0 Å². The van der Waals surface area contributed by atoms with Crippen LogP contribution in [0.3, 0.4) is 0 Å². The number of hydrogen-bond acceptors (Lipinski definition) is 4. The van der Waals surface area contributed by atoms with Gasteiger partial charge in [-0.05, 0) is 83.1 Å². The molecule has 0 fully saturated rings. The van der Waals surface area contributed by atoms with Crippen molar-refractivity contribution in [1.29, 1.82) is 5.26 Å². The first kappa shape index (κ1) is 18.1. The van der Waals surface area contributed by atoms with Gasteiger partial charge in [-0.3, -0.25) is 0 Å². The van der Waals surface area contributed by atoms with Crippen molar-refractivity contribution in [1.82, 2.24) is 0 Å². The van der Waals surface area contributed by atoms with Crippen LogP contribution in [0, 0.1) is 14.9 Å². The molecule has 0 saturated carbocycles. The molecular formula is C19H18INO3. The normalized spacial score (nSPS) is 10.9. The van der Waals surface area contributed by atoms with E-state index in [1.54, 1.807) is 14.2 Å². The molecule has 124 valence electrons. The number of hydrogen-bond donors (Lipinski definition) is 0. The molecule has 24 heavy (non-hydrogen) atoms. The number of nitriles is 1. The first-order valence-corrected chi connectivity index (χ1v) is 8.47. The molecule has 0 aromatic heterocycles. The van der Waals surface area contributed by atoms with Crippen LogP contribution in [0.25, 0.3) is 11.6 Å². The summed E-state index contributed by atoms with van der Waals surface area (Å²) in [6.07, 6.45) is 1.84. The smallest absolute Gasteiger partial charge is 0.174 e. The summed E-state index contributed by atoms with van der Waals surface area (Å²) in [6, 6.07) is 13.5. The minimum Gasteiger partial charge on any atom is -0.497 e. The molecule has 0 spiro atoms. The van der Waals surface area contributed by atoms with E-state index in [1.165, 1.54) is 0 Å². The lowest BCUT2D eigenvalue weighted by Crippen LogP contribution is -1.98. The van der Waals surface area contributed by atoms with E-state index < -0.39 is 0 Å². The molecule has 4 nitrogen and oxygen atoms in total. The second-order valence-corrected chi connectivity index (χ2v) is 6.03. The van der Waals surface area contributed by atoms with E-state index in [1.807, 2.05) is 49.4 Å². The third-order valence-electron chi connectivity index (χ3n) is 3.37. The van der Waals surface area contributed by atoms with Crippen LogP contribution in [0.2, 0.25) is 0 Å². The monoisotopic (exact) mass is 435 g/mol. The van der Waals surface area contributed by atoms with Crippen molar-refractivity contribution < 1.29 is 14.2 Å². The summed E-state index contributed by atoms with van der Waals surface area (Å²) >= 11 is 2.21. The molecule has 0 saturated heterocycles. The third-order valence-corrected chi connectivity index (χ3v) is 4.17. The molecule has 0 amide bonds. The highest BCUT2D eigenvalue weighted by atomic mass is 127. The van der Waals surface area contributed by atoms with Crippen LogP contribution in [0.15, 0.2) is 36.4 Å². The molecule has 2 rings (SSSR count). The Morgan fingerprint density at radius 3 is 2.42 bits per heavy atom. The van der Waals surface area contributed by atoms with E-state index in [9.17, 15) is 5.26 Å². The maximum absolute atomic E-state index is 9.49. The van der Waals surface area contributed by atoms with Gasteiger partial charge in [-0.1, -0.05) is 0 Å². The standard InChI is InChI=1S/C19H18INO3/c1-4-24-19-17(20)10-13(11-18(19)23-3)9-15(12-21)14-5-7-16(22-2)8-6-14/h5-11H,4H2,1-3H3/b15-9+. The molecule has 2 aromatic rings. The fourth-order valence-electron chi connectivity index (χ4n) is 2.22. The quantitative estimate of drug-likeness (QED) is 0.373. The van der Waals surface area contributed by atoms with E-state index in [0.717, 1.165) is 26.2 Å². The minimum atomic E-state index is 0.566. The number of rotatable bonds is 6. The maximum atomic E-state index is 9.49. The number of benzene rings is 2. The van der Waals surface area contributed by atoms with Crippen molar-refractivity contribution in [2.45, 2.75) is 6.92 Å². The van der Waals surface area contributed by atoms with E-state index in [0.29, 0.717) is 17.9 Å². The van der Waals surface area contributed by atoms with Crippen LogP contribution < -0.4 is 14.2 Å². The zero-order valence-electron chi connectivity index (χ0n) is 13.8. The van der Waals surface area contributed by atoms with Gasteiger partial charge in [-0.15, -0.1) is 0 Å². The van der Waals surface area contributed by atoms with Crippen LogP contribution in [-0.4, -0.2) is 20.8 Å². The Balaban J connectivity index is 2.43. The minimum absolute atomic E-state index is 0.566. The summed E-state index contributed by atoms with van der Waals surface area (Å²) in [5.41, 5.74) is 2.29. The molecule has 0 aliphatic heterocycles. The molecule has 0 aliphatic carbocycles. The molecule has 0 heterocycles. The zero-order valence-corrected chi connectivity index (χ0v) is 16.0. The molecule has 5 heteroatoms. The first-order valence-electron chi connectivity index (χ1n) is 7.39. The van der Waals surface area contributed by atoms with E-state index in [2.05, 4.69) is 28.7 Å². The average molecular weight is 435 g/mol. The Labute approximate surface area is 155 Å². The van der Waals surface area contributed by atoms with Gasteiger partial charge >= 0.3 is 0 Å². The van der Waals surface area contributed by atoms with E-state index >= 15 is 0 Å². The molecule has 0 radical (unpaired) electrons. The van der Waals surface area contributed by atoms with Crippen molar-refractivity contribution in [3.05, 3.63) is 51.1 Å². The van der Waals surface area contributed by atoms with Gasteiger partial charge in [0.2, 0.25) is 0 Å². The van der Waals surface area contributed by atoms with E-state index in [4.69, 9.17) is 14.2 Å². The molecular weight excluding hydrogens is 417 g/mol. The number of methoxy groups -OCH3 is 2. The molecule has 0 bridgehead atoms. The lowest BCUT2D eigenvalue weighted by Gasteiger charge is -2.12. The zero-order chi connectivity index (χ0) is 17.5. The Bertz CT molecular complexity index is 776. The number of halogens is 1. The molecule has 0 aliphatic rings. The van der Waals surface area contributed by atoms with Crippen molar-refractivity contribution >= 4 is 34.2 Å². The van der Waals surface area contributed by atoms with E-state index in [-0.39, 0.29) is 0 Å². The lowest BCUT2D eigenvalue weighted by molar-refractivity contribution is 0.308. The average Bonchev–Trinajstić information content (AvgIpc) is 2.61. The molecule has 2 aromatic carbocycles. The highest BCUT2D eigenvalue weighted by Crippen LogP contribution is 2.35. The number of ether oxygens (including phenoxy) is 3. The van der Waals surface area contributed by atoms with Gasteiger partial charge < -0.3 is 14.2 Å². The van der Waals surface area contributed by atoms with Crippen molar-refractivity contribution in [3.8, 4) is 23.3 Å². The summed E-state index contributed by atoms with van der Waals surface area (Å²) in [6.45, 7) is 2.50. The van der Waals surface area contributed by atoms with Gasteiger partial charge in [0.1, 0.15) is 5.75 Å². The summed E-state index contributed by atoms with van der Waals surface area (Å²) in [7, 11) is 3.22. The van der Waals surface area contributed by atoms with Gasteiger partial charge in [0.15, 0.2) is 11.5 Å². The number of nitrogens with zero attached hydrogens (tertiary/aromatic N) is 1. The Morgan fingerprint density at radius 2 is 1.88 bits per heavy atom. The van der Waals surface area contributed by atoms with Crippen LogP contribution in [0.4, 0.5) is 0 Å². The SMILES string of the molecule is CCOc1c(I)cc(/C=C(\C#N)c2ccc(OC)cc2)cc1OC. The highest BCUT2D eigenvalue weighted by Gasteiger charge is 2.11. The fourth-order valence-corrected chi connectivity index (χ4v) is 3.01. The topological polar surface area (TPSA) is 51.5 Å². The van der Waals surface area contributed by atoms with Crippen LogP contribution in [-0.2, 0) is 0 Å². The predicted molar refractivity (Wildman–Crippen MR) is 103 cm³/mol. The Hall–Kier alpha value is -2.20. The van der Waals surface area contributed by atoms with Crippen molar-refractivity contribution in [2.75, 3.05) is 20.8 Å². The highest BCUT2D eigenvalue weighted by molar-refractivity contribution is 14.1. The largest absolute Gasteiger partial charge is 0.497 e. The molecule has 0 unspecified atom stereocenters. The third kappa shape index (κ3) is 4.20. The second-order valence-electron chi connectivity index (χ2n) is 4.87. The van der Waals surface area contributed by atoms with Crippen molar-refractivity contribution in [3.63, 3.8) is 0 Å². The number of allylic oxidation sites excluding steroid dienone is 1. The van der Waals surface area contributed by atoms with Gasteiger partial charge in [-0.2, -0.15) is 5.26 Å². The summed E-state index contributed by atoms with van der Waals surface area (Å²) in [5.74, 6) is 2.14. The Morgan fingerprint density at radius 1 is 1.17 bits per heavy atom. The summed E-state index contributed by atoms with van der Waals surface area (Å²) < 4.78 is 17.1. The second kappa shape index (κ2) is 8.60. The predicted octanol–water partition coefficient (Wildman–Crippen LogP) is 4.77.